The van der Waals surface area contributed by atoms with E-state index in [4.69, 9.17) is 4.74 Å². The highest BCUT2D eigenvalue weighted by Gasteiger charge is 2.28. The molecule has 1 aromatic rings. The van der Waals surface area contributed by atoms with Crippen LogP contribution in [-0.2, 0) is 4.74 Å². The second-order valence-electron chi connectivity index (χ2n) is 4.11. The standard InChI is InChI=1S/C12H16N2O2/c1-9-11(5-6-16-9)14(2)12-4-3-10(8-15)7-13-12/h3-4,7-9,11H,5-6H2,1-2H3. The van der Waals surface area contributed by atoms with Crippen LogP contribution >= 0.6 is 0 Å². The molecule has 2 atom stereocenters. The van der Waals surface area contributed by atoms with E-state index in [2.05, 4.69) is 16.8 Å². The van der Waals surface area contributed by atoms with Crippen molar-refractivity contribution in [2.45, 2.75) is 25.5 Å². The van der Waals surface area contributed by atoms with Crippen LogP contribution in [0.4, 0.5) is 5.82 Å². The molecule has 0 N–H and O–H groups in total. The van der Waals surface area contributed by atoms with Gasteiger partial charge in [-0.2, -0.15) is 0 Å². The highest BCUT2D eigenvalue weighted by atomic mass is 16.5. The average molecular weight is 220 g/mol. The lowest BCUT2D eigenvalue weighted by Gasteiger charge is -2.27. The number of aromatic nitrogens is 1. The van der Waals surface area contributed by atoms with Gasteiger partial charge in [0.1, 0.15) is 5.82 Å². The molecule has 1 aliphatic heterocycles. The molecule has 0 radical (unpaired) electrons. The van der Waals surface area contributed by atoms with Gasteiger partial charge in [0, 0.05) is 25.4 Å². The summed E-state index contributed by atoms with van der Waals surface area (Å²) in [4.78, 5) is 16.9. The first-order valence-electron chi connectivity index (χ1n) is 5.48. The third kappa shape index (κ3) is 2.07. The van der Waals surface area contributed by atoms with Crippen LogP contribution in [0.3, 0.4) is 0 Å². The van der Waals surface area contributed by atoms with Gasteiger partial charge in [-0.3, -0.25) is 4.79 Å². The van der Waals surface area contributed by atoms with Gasteiger partial charge in [0.25, 0.3) is 0 Å². The first-order valence-corrected chi connectivity index (χ1v) is 5.48. The molecule has 0 saturated carbocycles. The number of hydrogen-bond donors (Lipinski definition) is 0. The highest BCUT2D eigenvalue weighted by Crippen LogP contribution is 2.22. The summed E-state index contributed by atoms with van der Waals surface area (Å²) in [5, 5.41) is 0. The molecule has 1 aliphatic rings. The number of likely N-dealkylation sites (N-methyl/N-ethyl adjacent to an activating group) is 1. The summed E-state index contributed by atoms with van der Waals surface area (Å²) < 4.78 is 5.53. The minimum atomic E-state index is 0.234. The number of carbonyl (C=O) groups excluding carboxylic acids is 1. The predicted molar refractivity (Wildman–Crippen MR) is 61.8 cm³/mol. The number of pyridine rings is 1. The summed E-state index contributed by atoms with van der Waals surface area (Å²) in [6, 6.07) is 4.02. The SMILES string of the molecule is CC1OCCC1N(C)c1ccc(C=O)cn1. The van der Waals surface area contributed by atoms with Crippen LogP contribution in [0, 0.1) is 0 Å². The van der Waals surface area contributed by atoms with Crippen molar-refractivity contribution in [3.8, 4) is 0 Å². The number of aldehydes is 1. The summed E-state index contributed by atoms with van der Waals surface area (Å²) in [6.07, 6.45) is 3.66. The molecule has 0 bridgehead atoms. The quantitative estimate of drug-likeness (QED) is 0.724. The Morgan fingerprint density at radius 3 is 2.88 bits per heavy atom. The number of carbonyl (C=O) groups is 1. The number of anilines is 1. The summed E-state index contributed by atoms with van der Waals surface area (Å²) in [7, 11) is 2.01. The topological polar surface area (TPSA) is 42.4 Å². The average Bonchev–Trinajstić information content (AvgIpc) is 2.75. The maximum atomic E-state index is 10.5. The molecule has 2 heterocycles. The first-order chi connectivity index (χ1) is 7.72. The van der Waals surface area contributed by atoms with Crippen LogP contribution in [-0.4, -0.2) is 37.1 Å². The van der Waals surface area contributed by atoms with Gasteiger partial charge in [-0.15, -0.1) is 0 Å². The molecule has 0 amide bonds. The number of nitrogens with zero attached hydrogens (tertiary/aromatic N) is 2. The molecule has 4 heteroatoms. The lowest BCUT2D eigenvalue weighted by molar-refractivity contribution is 0.112. The van der Waals surface area contributed by atoms with Gasteiger partial charge < -0.3 is 9.64 Å². The Bertz CT molecular complexity index is 364. The van der Waals surface area contributed by atoms with Crippen LogP contribution < -0.4 is 4.90 Å². The van der Waals surface area contributed by atoms with E-state index in [1.54, 1.807) is 12.3 Å². The Kier molecular flexibility index (Phi) is 3.19. The zero-order valence-electron chi connectivity index (χ0n) is 9.59. The van der Waals surface area contributed by atoms with Crippen LogP contribution in [0.5, 0.6) is 0 Å². The third-order valence-corrected chi connectivity index (χ3v) is 3.10. The van der Waals surface area contributed by atoms with Crippen molar-refractivity contribution in [3.63, 3.8) is 0 Å². The van der Waals surface area contributed by atoms with Gasteiger partial charge in [0.2, 0.25) is 0 Å². The zero-order valence-corrected chi connectivity index (χ0v) is 9.59. The monoisotopic (exact) mass is 220 g/mol. The van der Waals surface area contributed by atoms with E-state index in [9.17, 15) is 4.79 Å². The molecule has 4 nitrogen and oxygen atoms in total. The molecular formula is C12H16N2O2. The van der Waals surface area contributed by atoms with Gasteiger partial charge in [-0.25, -0.2) is 4.98 Å². The number of hydrogen-bond acceptors (Lipinski definition) is 4. The van der Waals surface area contributed by atoms with Crippen molar-refractivity contribution in [1.82, 2.24) is 4.98 Å². The fraction of sp³-hybridized carbons (Fsp3) is 0.500. The van der Waals surface area contributed by atoms with Crippen molar-refractivity contribution in [3.05, 3.63) is 23.9 Å². The van der Waals surface area contributed by atoms with Gasteiger partial charge in [0.15, 0.2) is 6.29 Å². The summed E-state index contributed by atoms with van der Waals surface area (Å²) in [6.45, 7) is 2.89. The van der Waals surface area contributed by atoms with E-state index in [0.717, 1.165) is 25.1 Å². The predicted octanol–water partition coefficient (Wildman–Crippen LogP) is 1.51. The molecular weight excluding hydrogens is 204 g/mol. The smallest absolute Gasteiger partial charge is 0.151 e. The van der Waals surface area contributed by atoms with Crippen molar-refractivity contribution in [2.24, 2.45) is 0 Å². The molecule has 2 rings (SSSR count). The normalized spacial score (nSPS) is 24.4. The number of ether oxygens (including phenoxy) is 1. The maximum Gasteiger partial charge on any atom is 0.151 e. The van der Waals surface area contributed by atoms with Gasteiger partial charge in [-0.05, 0) is 25.5 Å². The molecule has 1 fully saturated rings. The Labute approximate surface area is 95.2 Å². The van der Waals surface area contributed by atoms with Crippen LogP contribution in [0.1, 0.15) is 23.7 Å². The highest BCUT2D eigenvalue weighted by molar-refractivity contribution is 5.74. The molecule has 1 saturated heterocycles. The van der Waals surface area contributed by atoms with E-state index < -0.39 is 0 Å². The zero-order chi connectivity index (χ0) is 11.5. The summed E-state index contributed by atoms with van der Waals surface area (Å²) in [5.74, 6) is 0.882. The largest absolute Gasteiger partial charge is 0.376 e. The minimum Gasteiger partial charge on any atom is -0.376 e. The van der Waals surface area contributed by atoms with E-state index in [1.165, 1.54) is 0 Å². The van der Waals surface area contributed by atoms with Crippen molar-refractivity contribution in [2.75, 3.05) is 18.6 Å². The minimum absolute atomic E-state index is 0.234. The Hall–Kier alpha value is -1.42. The van der Waals surface area contributed by atoms with Crippen molar-refractivity contribution >= 4 is 12.1 Å². The van der Waals surface area contributed by atoms with Crippen molar-refractivity contribution < 1.29 is 9.53 Å². The van der Waals surface area contributed by atoms with Gasteiger partial charge in [-0.1, -0.05) is 0 Å². The molecule has 0 aliphatic carbocycles. The first kappa shape index (κ1) is 11.1. The van der Waals surface area contributed by atoms with Crippen molar-refractivity contribution in [1.29, 1.82) is 0 Å². The molecule has 0 spiro atoms. The fourth-order valence-corrected chi connectivity index (χ4v) is 2.07. The lowest BCUT2D eigenvalue weighted by atomic mass is 10.1. The number of rotatable bonds is 3. The molecule has 86 valence electrons. The van der Waals surface area contributed by atoms with E-state index in [0.29, 0.717) is 11.6 Å². The van der Waals surface area contributed by atoms with Crippen LogP contribution in [0.25, 0.3) is 0 Å². The second-order valence-corrected chi connectivity index (χ2v) is 4.11. The molecule has 2 unspecified atom stereocenters. The second kappa shape index (κ2) is 4.61. The van der Waals surface area contributed by atoms with E-state index in [1.807, 2.05) is 13.1 Å². The molecule has 0 aromatic carbocycles. The third-order valence-electron chi connectivity index (χ3n) is 3.10. The van der Waals surface area contributed by atoms with Gasteiger partial charge in [0.05, 0.1) is 12.1 Å². The Morgan fingerprint density at radius 1 is 1.56 bits per heavy atom. The van der Waals surface area contributed by atoms with E-state index in [-0.39, 0.29) is 6.10 Å². The lowest BCUT2D eigenvalue weighted by Crippen LogP contribution is -2.37. The van der Waals surface area contributed by atoms with Crippen LogP contribution in [0.2, 0.25) is 0 Å². The van der Waals surface area contributed by atoms with E-state index >= 15 is 0 Å². The Morgan fingerprint density at radius 2 is 2.38 bits per heavy atom. The fourth-order valence-electron chi connectivity index (χ4n) is 2.07. The van der Waals surface area contributed by atoms with Crippen LogP contribution in [0.15, 0.2) is 18.3 Å². The molecule has 16 heavy (non-hydrogen) atoms. The summed E-state index contributed by atoms with van der Waals surface area (Å²) in [5.41, 5.74) is 0.605. The maximum absolute atomic E-state index is 10.5. The summed E-state index contributed by atoms with van der Waals surface area (Å²) >= 11 is 0. The van der Waals surface area contributed by atoms with Gasteiger partial charge >= 0.3 is 0 Å². The Balaban J connectivity index is 2.13. The molecule has 1 aromatic heterocycles.